The van der Waals surface area contributed by atoms with E-state index < -0.39 is 6.29 Å². The van der Waals surface area contributed by atoms with E-state index in [1.54, 1.807) is 0 Å². The lowest BCUT2D eigenvalue weighted by molar-refractivity contribution is -0.178. The lowest BCUT2D eigenvalue weighted by atomic mass is 9.68. The number of hydrogen-bond acceptors (Lipinski definition) is 5. The number of ether oxygens (including phenoxy) is 2. The molecule has 30 heavy (non-hydrogen) atoms. The van der Waals surface area contributed by atoms with Gasteiger partial charge >= 0.3 is 0 Å². The van der Waals surface area contributed by atoms with Gasteiger partial charge in [0.05, 0.1) is 17.6 Å². The summed E-state index contributed by atoms with van der Waals surface area (Å²) in [5, 5.41) is 12.2. The average molecular weight is 414 g/mol. The molecule has 1 amide bonds. The van der Waals surface area contributed by atoms with Gasteiger partial charge in [0.1, 0.15) is 5.82 Å². The minimum atomic E-state index is -0.455. The monoisotopic (exact) mass is 413 g/mol. The molecule has 1 aromatic heterocycles. The number of rotatable bonds is 9. The van der Waals surface area contributed by atoms with Gasteiger partial charge in [-0.15, -0.1) is 0 Å². The number of para-hydroxylation sites is 2. The van der Waals surface area contributed by atoms with Gasteiger partial charge in [-0.3, -0.25) is 4.79 Å². The largest absolute Gasteiger partial charge is 0.459 e. The maximum absolute atomic E-state index is 12.9. The summed E-state index contributed by atoms with van der Waals surface area (Å²) in [4.78, 5) is 20.6. The molecule has 1 fully saturated rings. The topological polar surface area (TPSA) is 96.5 Å². The third-order valence-electron chi connectivity index (χ3n) is 6.23. The Balaban J connectivity index is 1.47. The van der Waals surface area contributed by atoms with Crippen molar-refractivity contribution in [2.75, 3.05) is 13.2 Å². The van der Waals surface area contributed by atoms with Crippen LogP contribution in [-0.2, 0) is 20.8 Å². The second kappa shape index (κ2) is 9.62. The predicted octanol–water partition coefficient (Wildman–Crippen LogP) is 3.26. The van der Waals surface area contributed by atoms with Crippen LogP contribution in [0.3, 0.4) is 0 Å². The van der Waals surface area contributed by atoms with Crippen molar-refractivity contribution in [2.45, 2.75) is 51.9 Å². The molecule has 4 rings (SSSR count). The SMILES string of the molecule is CCO[C@H]1OC(C(=O)NCc2nc3ccccc3[nH]2)=C[C@@H](C2CCC2)[C@@H]1CCCO. The van der Waals surface area contributed by atoms with Gasteiger partial charge in [0.25, 0.3) is 5.91 Å². The Morgan fingerprint density at radius 3 is 2.90 bits per heavy atom. The third kappa shape index (κ3) is 4.52. The molecule has 2 aromatic rings. The third-order valence-corrected chi connectivity index (χ3v) is 6.23. The Labute approximate surface area is 176 Å². The molecule has 2 aliphatic rings. The number of hydrogen-bond donors (Lipinski definition) is 3. The number of nitrogens with one attached hydrogen (secondary N) is 2. The van der Waals surface area contributed by atoms with E-state index >= 15 is 0 Å². The van der Waals surface area contributed by atoms with Gasteiger partial charge in [0, 0.05) is 19.1 Å². The number of imidazole rings is 1. The second-order valence-electron chi connectivity index (χ2n) is 8.15. The highest BCUT2D eigenvalue weighted by molar-refractivity contribution is 5.91. The summed E-state index contributed by atoms with van der Waals surface area (Å²) in [5.74, 6) is 1.75. The zero-order chi connectivity index (χ0) is 20.9. The van der Waals surface area contributed by atoms with Crippen LogP contribution in [0.1, 0.15) is 44.9 Å². The molecule has 1 aliphatic carbocycles. The quantitative estimate of drug-likeness (QED) is 0.586. The van der Waals surface area contributed by atoms with Crippen LogP contribution in [0.15, 0.2) is 36.1 Å². The maximum Gasteiger partial charge on any atom is 0.286 e. The fraction of sp³-hybridized carbons (Fsp3) is 0.565. The van der Waals surface area contributed by atoms with Crippen LogP contribution in [0.4, 0.5) is 0 Å². The van der Waals surface area contributed by atoms with E-state index in [9.17, 15) is 9.90 Å². The van der Waals surface area contributed by atoms with Gasteiger partial charge in [-0.2, -0.15) is 0 Å². The van der Waals surface area contributed by atoms with Crippen LogP contribution in [0.2, 0.25) is 0 Å². The standard InChI is InChI=1S/C23H31N3O4/c1-2-29-23-16(9-6-12-27)17(15-7-5-8-15)13-20(30-23)22(28)24-14-21-25-18-10-3-4-11-19(18)26-21/h3-4,10-11,13,15-17,23,27H,2,5-9,12,14H2,1H3,(H,24,28)(H,25,26)/t16-,17-,23-/m0/s1. The van der Waals surface area contributed by atoms with E-state index in [1.165, 1.54) is 19.3 Å². The summed E-state index contributed by atoms with van der Waals surface area (Å²) in [5.41, 5.74) is 1.83. The van der Waals surface area contributed by atoms with Crippen molar-refractivity contribution >= 4 is 16.9 Å². The summed E-state index contributed by atoms with van der Waals surface area (Å²) in [6.45, 7) is 2.91. The lowest BCUT2D eigenvalue weighted by Gasteiger charge is -2.43. The lowest BCUT2D eigenvalue weighted by Crippen LogP contribution is -2.43. The Morgan fingerprint density at radius 2 is 2.20 bits per heavy atom. The number of allylic oxidation sites excluding steroid dienone is 1. The van der Waals surface area contributed by atoms with Gasteiger partial charge in [0.15, 0.2) is 5.76 Å². The maximum atomic E-state index is 12.9. The summed E-state index contributed by atoms with van der Waals surface area (Å²) in [7, 11) is 0. The van der Waals surface area contributed by atoms with Crippen molar-refractivity contribution in [1.82, 2.24) is 15.3 Å². The number of aliphatic hydroxyl groups is 1. The minimum Gasteiger partial charge on any atom is -0.459 e. The number of carbonyl (C=O) groups is 1. The fourth-order valence-electron chi connectivity index (χ4n) is 4.49. The Kier molecular flexibility index (Phi) is 6.69. The van der Waals surface area contributed by atoms with E-state index in [-0.39, 0.29) is 24.3 Å². The van der Waals surface area contributed by atoms with Gasteiger partial charge in [-0.05, 0) is 62.7 Å². The average Bonchev–Trinajstić information content (AvgIpc) is 3.13. The number of amides is 1. The van der Waals surface area contributed by atoms with Crippen LogP contribution in [0.25, 0.3) is 11.0 Å². The van der Waals surface area contributed by atoms with Crippen molar-refractivity contribution < 1.29 is 19.4 Å². The molecular weight excluding hydrogens is 382 g/mol. The van der Waals surface area contributed by atoms with Crippen LogP contribution >= 0.6 is 0 Å². The van der Waals surface area contributed by atoms with Gasteiger partial charge in [-0.1, -0.05) is 18.6 Å². The van der Waals surface area contributed by atoms with Crippen LogP contribution in [0.5, 0.6) is 0 Å². The minimum absolute atomic E-state index is 0.154. The van der Waals surface area contributed by atoms with E-state index in [1.807, 2.05) is 37.3 Å². The molecule has 1 saturated carbocycles. The molecule has 1 aromatic carbocycles. The van der Waals surface area contributed by atoms with Crippen molar-refractivity contribution in [2.24, 2.45) is 17.8 Å². The molecule has 7 nitrogen and oxygen atoms in total. The number of aromatic nitrogens is 2. The highest BCUT2D eigenvalue weighted by Crippen LogP contribution is 2.44. The van der Waals surface area contributed by atoms with Crippen LogP contribution in [0, 0.1) is 17.8 Å². The van der Waals surface area contributed by atoms with E-state index in [4.69, 9.17) is 9.47 Å². The summed E-state index contributed by atoms with van der Waals surface area (Å²) >= 11 is 0. The molecule has 0 saturated heterocycles. The number of fused-ring (bicyclic) bond motifs is 1. The first kappa shape index (κ1) is 20.9. The Bertz CT molecular complexity index is 856. The summed E-state index contributed by atoms with van der Waals surface area (Å²) in [6, 6.07) is 7.79. The van der Waals surface area contributed by atoms with Gasteiger partial charge in [0.2, 0.25) is 6.29 Å². The predicted molar refractivity (Wildman–Crippen MR) is 113 cm³/mol. The van der Waals surface area contributed by atoms with E-state index in [2.05, 4.69) is 15.3 Å². The molecule has 0 radical (unpaired) electrons. The zero-order valence-corrected chi connectivity index (χ0v) is 17.5. The molecule has 3 N–H and O–H groups in total. The highest BCUT2D eigenvalue weighted by Gasteiger charge is 2.42. The normalized spacial score (nSPS) is 24.2. The molecule has 0 bridgehead atoms. The van der Waals surface area contributed by atoms with Gasteiger partial charge < -0.3 is 24.9 Å². The number of H-pyrrole nitrogens is 1. The smallest absolute Gasteiger partial charge is 0.286 e. The summed E-state index contributed by atoms with van der Waals surface area (Å²) in [6.07, 6.45) is 6.65. The Hall–Kier alpha value is -2.38. The van der Waals surface area contributed by atoms with Crippen molar-refractivity contribution in [1.29, 1.82) is 0 Å². The molecule has 0 spiro atoms. The van der Waals surface area contributed by atoms with Crippen molar-refractivity contribution in [3.63, 3.8) is 0 Å². The van der Waals surface area contributed by atoms with Crippen LogP contribution in [-0.4, -0.2) is 40.5 Å². The second-order valence-corrected chi connectivity index (χ2v) is 8.15. The number of aliphatic hydroxyl groups excluding tert-OH is 1. The number of carbonyl (C=O) groups excluding carboxylic acids is 1. The fourth-order valence-corrected chi connectivity index (χ4v) is 4.49. The van der Waals surface area contributed by atoms with Gasteiger partial charge in [-0.25, -0.2) is 4.98 Å². The van der Waals surface area contributed by atoms with Crippen LogP contribution < -0.4 is 5.32 Å². The number of nitrogens with zero attached hydrogens (tertiary/aromatic N) is 1. The van der Waals surface area contributed by atoms with Crippen molar-refractivity contribution in [3.05, 3.63) is 41.9 Å². The molecule has 162 valence electrons. The molecular formula is C23H31N3O4. The number of benzene rings is 1. The van der Waals surface area contributed by atoms with E-state index in [0.717, 1.165) is 17.5 Å². The zero-order valence-electron chi connectivity index (χ0n) is 17.5. The summed E-state index contributed by atoms with van der Waals surface area (Å²) < 4.78 is 11.9. The van der Waals surface area contributed by atoms with Crippen molar-refractivity contribution in [3.8, 4) is 0 Å². The molecule has 0 unspecified atom stereocenters. The first-order chi connectivity index (χ1) is 14.7. The first-order valence-corrected chi connectivity index (χ1v) is 11.0. The molecule has 1 aliphatic heterocycles. The molecule has 3 atom stereocenters. The first-order valence-electron chi connectivity index (χ1n) is 11.0. The highest BCUT2D eigenvalue weighted by atomic mass is 16.7. The number of aromatic amines is 1. The Morgan fingerprint density at radius 1 is 1.37 bits per heavy atom. The molecule has 2 heterocycles. The molecule has 7 heteroatoms. The van der Waals surface area contributed by atoms with E-state index in [0.29, 0.717) is 37.1 Å².